The van der Waals surface area contributed by atoms with Crippen molar-refractivity contribution in [1.82, 2.24) is 0 Å². The van der Waals surface area contributed by atoms with Gasteiger partial charge in [0.05, 0.1) is 21.3 Å². The van der Waals surface area contributed by atoms with E-state index in [1.165, 1.54) is 0 Å². The maximum atomic E-state index is 13.1. The minimum Gasteiger partial charge on any atom is -0.496 e. The van der Waals surface area contributed by atoms with Gasteiger partial charge in [0.1, 0.15) is 18.1 Å². The van der Waals surface area contributed by atoms with Crippen LogP contribution in [0.4, 0.5) is 0 Å². The molecule has 0 aliphatic rings. The molecule has 0 radical (unpaired) electrons. The molecule has 0 spiro atoms. The van der Waals surface area contributed by atoms with E-state index in [4.69, 9.17) is 18.9 Å². The van der Waals surface area contributed by atoms with Gasteiger partial charge in [0.15, 0.2) is 17.3 Å². The molecule has 30 heavy (non-hydrogen) atoms. The first-order chi connectivity index (χ1) is 14.6. The lowest BCUT2D eigenvalue weighted by atomic mass is 9.91. The first-order valence-corrected chi connectivity index (χ1v) is 9.68. The van der Waals surface area contributed by atoms with Crippen molar-refractivity contribution in [1.29, 1.82) is 0 Å². The van der Waals surface area contributed by atoms with E-state index < -0.39 is 5.92 Å². The van der Waals surface area contributed by atoms with Gasteiger partial charge in [-0.25, -0.2) is 0 Å². The monoisotopic (exact) mass is 406 g/mol. The number of ketones is 1. The largest absolute Gasteiger partial charge is 0.496 e. The van der Waals surface area contributed by atoms with E-state index in [-0.39, 0.29) is 5.78 Å². The maximum absolute atomic E-state index is 13.1. The van der Waals surface area contributed by atoms with Gasteiger partial charge in [-0.05, 0) is 29.8 Å². The Balaban J connectivity index is 1.79. The number of hydrogen-bond donors (Lipinski definition) is 0. The average molecular weight is 406 g/mol. The van der Waals surface area contributed by atoms with Crippen molar-refractivity contribution in [3.05, 3.63) is 83.4 Å². The van der Waals surface area contributed by atoms with Gasteiger partial charge in [-0.2, -0.15) is 0 Å². The van der Waals surface area contributed by atoms with Crippen LogP contribution in [0.25, 0.3) is 0 Å². The predicted octanol–water partition coefficient (Wildman–Crippen LogP) is 5.28. The zero-order chi connectivity index (χ0) is 21.5. The summed E-state index contributed by atoms with van der Waals surface area (Å²) in [6.07, 6.45) is 0. The van der Waals surface area contributed by atoms with Crippen molar-refractivity contribution in [2.24, 2.45) is 0 Å². The molecule has 0 heterocycles. The maximum Gasteiger partial charge on any atom is 0.170 e. The van der Waals surface area contributed by atoms with Crippen LogP contribution in [0.5, 0.6) is 23.0 Å². The molecule has 3 aromatic carbocycles. The number of methoxy groups -OCH3 is 3. The van der Waals surface area contributed by atoms with Crippen LogP contribution < -0.4 is 18.9 Å². The topological polar surface area (TPSA) is 54.0 Å². The number of hydrogen-bond acceptors (Lipinski definition) is 5. The summed E-state index contributed by atoms with van der Waals surface area (Å²) in [6, 6.07) is 20.7. The number of benzene rings is 3. The first kappa shape index (κ1) is 21.2. The molecule has 0 N–H and O–H groups in total. The Labute approximate surface area is 177 Å². The molecule has 3 rings (SSSR count). The SMILES string of the molecule is COc1ccc(C(=O)[C@@H](C)c2ccc(OCc3ccccc3)cc2OC)cc1OC. The number of Topliss-reactive ketones (excluding diaryl/α,β-unsaturated/α-hetero) is 1. The van der Waals surface area contributed by atoms with Gasteiger partial charge < -0.3 is 18.9 Å². The Kier molecular flexibility index (Phi) is 6.96. The highest BCUT2D eigenvalue weighted by Crippen LogP contribution is 2.34. The fraction of sp³-hybridized carbons (Fsp3) is 0.240. The average Bonchev–Trinajstić information content (AvgIpc) is 2.81. The molecule has 0 unspecified atom stereocenters. The second-order valence-electron chi connectivity index (χ2n) is 6.83. The summed E-state index contributed by atoms with van der Waals surface area (Å²) in [7, 11) is 4.70. The van der Waals surface area contributed by atoms with Gasteiger partial charge >= 0.3 is 0 Å². The third-order valence-electron chi connectivity index (χ3n) is 4.98. The van der Waals surface area contributed by atoms with Gasteiger partial charge in [0, 0.05) is 23.1 Å². The van der Waals surface area contributed by atoms with Gasteiger partial charge in [-0.15, -0.1) is 0 Å². The van der Waals surface area contributed by atoms with Crippen LogP contribution in [0.3, 0.4) is 0 Å². The van der Waals surface area contributed by atoms with E-state index in [0.717, 1.165) is 11.1 Å². The molecule has 156 valence electrons. The number of rotatable bonds is 9. The normalized spacial score (nSPS) is 11.5. The van der Waals surface area contributed by atoms with Crippen LogP contribution in [0.1, 0.15) is 34.3 Å². The third-order valence-corrected chi connectivity index (χ3v) is 4.98. The molecule has 0 saturated heterocycles. The molecule has 0 aliphatic carbocycles. The Morgan fingerprint density at radius 3 is 2.17 bits per heavy atom. The molecular weight excluding hydrogens is 380 g/mol. The molecule has 0 aromatic heterocycles. The Morgan fingerprint density at radius 2 is 1.50 bits per heavy atom. The van der Waals surface area contributed by atoms with Crippen LogP contribution in [0.15, 0.2) is 66.7 Å². The Hall–Kier alpha value is -3.47. The molecule has 0 saturated carbocycles. The molecule has 0 bridgehead atoms. The van der Waals surface area contributed by atoms with Crippen molar-refractivity contribution in [2.75, 3.05) is 21.3 Å². The molecular formula is C25H26O5. The van der Waals surface area contributed by atoms with Crippen molar-refractivity contribution in [3.63, 3.8) is 0 Å². The van der Waals surface area contributed by atoms with E-state index in [9.17, 15) is 4.79 Å². The minimum absolute atomic E-state index is 0.0350. The summed E-state index contributed by atoms with van der Waals surface area (Å²) in [4.78, 5) is 13.1. The fourth-order valence-corrected chi connectivity index (χ4v) is 3.26. The third kappa shape index (κ3) is 4.74. The van der Waals surface area contributed by atoms with Crippen molar-refractivity contribution < 1.29 is 23.7 Å². The minimum atomic E-state index is -0.402. The van der Waals surface area contributed by atoms with Crippen LogP contribution >= 0.6 is 0 Å². The highest BCUT2D eigenvalue weighted by atomic mass is 16.5. The zero-order valence-electron chi connectivity index (χ0n) is 17.7. The van der Waals surface area contributed by atoms with E-state index in [0.29, 0.717) is 35.2 Å². The predicted molar refractivity (Wildman–Crippen MR) is 116 cm³/mol. The molecule has 5 heteroatoms. The van der Waals surface area contributed by atoms with Crippen LogP contribution in [0.2, 0.25) is 0 Å². The summed E-state index contributed by atoms with van der Waals surface area (Å²) in [6.45, 7) is 2.32. The lowest BCUT2D eigenvalue weighted by Crippen LogP contribution is -2.11. The van der Waals surface area contributed by atoms with Gasteiger partial charge in [-0.1, -0.05) is 43.3 Å². The molecule has 0 fully saturated rings. The fourth-order valence-electron chi connectivity index (χ4n) is 3.26. The van der Waals surface area contributed by atoms with Crippen LogP contribution in [-0.2, 0) is 6.61 Å². The quantitative estimate of drug-likeness (QED) is 0.453. The van der Waals surface area contributed by atoms with Crippen LogP contribution in [0, 0.1) is 0 Å². The van der Waals surface area contributed by atoms with E-state index >= 15 is 0 Å². The number of ether oxygens (including phenoxy) is 4. The smallest absolute Gasteiger partial charge is 0.170 e. The van der Waals surface area contributed by atoms with E-state index in [1.807, 2.05) is 55.5 Å². The van der Waals surface area contributed by atoms with Crippen molar-refractivity contribution in [3.8, 4) is 23.0 Å². The second-order valence-corrected chi connectivity index (χ2v) is 6.83. The first-order valence-electron chi connectivity index (χ1n) is 9.68. The van der Waals surface area contributed by atoms with Gasteiger partial charge in [0.25, 0.3) is 0 Å². The molecule has 0 amide bonds. The summed E-state index contributed by atoms with van der Waals surface area (Å²) >= 11 is 0. The molecule has 3 aromatic rings. The van der Waals surface area contributed by atoms with Crippen molar-refractivity contribution >= 4 is 5.78 Å². The summed E-state index contributed by atoms with van der Waals surface area (Å²) in [5.74, 6) is 1.96. The second kappa shape index (κ2) is 9.83. The number of carbonyl (C=O) groups excluding carboxylic acids is 1. The van der Waals surface area contributed by atoms with E-state index in [1.54, 1.807) is 39.5 Å². The highest BCUT2D eigenvalue weighted by Gasteiger charge is 2.22. The van der Waals surface area contributed by atoms with Crippen LogP contribution in [-0.4, -0.2) is 27.1 Å². The highest BCUT2D eigenvalue weighted by molar-refractivity contribution is 6.01. The van der Waals surface area contributed by atoms with Gasteiger partial charge in [-0.3, -0.25) is 4.79 Å². The molecule has 0 aliphatic heterocycles. The lowest BCUT2D eigenvalue weighted by Gasteiger charge is -2.17. The summed E-state index contributed by atoms with van der Waals surface area (Å²) < 4.78 is 22.0. The summed E-state index contributed by atoms with van der Waals surface area (Å²) in [5, 5.41) is 0. The number of carbonyl (C=O) groups is 1. The van der Waals surface area contributed by atoms with Gasteiger partial charge in [0.2, 0.25) is 0 Å². The van der Waals surface area contributed by atoms with Crippen molar-refractivity contribution in [2.45, 2.75) is 19.4 Å². The summed E-state index contributed by atoms with van der Waals surface area (Å²) in [5.41, 5.74) is 2.42. The Bertz CT molecular complexity index is 998. The van der Waals surface area contributed by atoms with E-state index in [2.05, 4.69) is 0 Å². The molecule has 1 atom stereocenters. The standard InChI is InChI=1S/C25H26O5/c1-17(25(26)19-10-13-22(27-2)24(14-19)29-4)21-12-11-20(15-23(21)28-3)30-16-18-8-6-5-7-9-18/h5-15,17H,16H2,1-4H3/t17-/m0/s1. The molecule has 5 nitrogen and oxygen atoms in total. The lowest BCUT2D eigenvalue weighted by molar-refractivity contribution is 0.0964. The Morgan fingerprint density at radius 1 is 0.800 bits per heavy atom. The zero-order valence-corrected chi connectivity index (χ0v) is 17.7.